The van der Waals surface area contributed by atoms with E-state index in [2.05, 4.69) is 5.32 Å². The zero-order valence-corrected chi connectivity index (χ0v) is 16.7. The Morgan fingerprint density at radius 1 is 1.30 bits per heavy atom. The quantitative estimate of drug-likeness (QED) is 0.562. The Morgan fingerprint density at radius 2 is 2.15 bits per heavy atom. The van der Waals surface area contributed by atoms with Crippen molar-refractivity contribution in [3.8, 4) is 10.4 Å². The van der Waals surface area contributed by atoms with Crippen molar-refractivity contribution in [3.05, 3.63) is 52.6 Å². The molecule has 3 heterocycles. The first kappa shape index (κ1) is 19.3. The Morgan fingerprint density at radius 3 is 2.81 bits per heavy atom. The van der Waals surface area contributed by atoms with Gasteiger partial charge in [-0.2, -0.15) is 0 Å². The van der Waals surface area contributed by atoms with Gasteiger partial charge in [-0.05, 0) is 37.4 Å². The highest BCUT2D eigenvalue weighted by atomic mass is 32.1. The van der Waals surface area contributed by atoms with Gasteiger partial charge in [-0.15, -0.1) is 22.7 Å². The SMILES string of the molecule is CCOC(=O)c1c(-c2cccs2)csc1NC(=O)C[NH2+][C@H](C)c1ccco1. The van der Waals surface area contributed by atoms with Crippen molar-refractivity contribution >= 4 is 39.6 Å². The summed E-state index contributed by atoms with van der Waals surface area (Å²) in [5.41, 5.74) is 1.20. The Labute approximate surface area is 165 Å². The number of hydrogen-bond donors (Lipinski definition) is 2. The predicted octanol–water partition coefficient (Wildman–Crippen LogP) is 3.51. The van der Waals surface area contributed by atoms with Crippen molar-refractivity contribution in [3.63, 3.8) is 0 Å². The molecule has 0 spiro atoms. The molecule has 0 aromatic carbocycles. The van der Waals surface area contributed by atoms with E-state index in [9.17, 15) is 9.59 Å². The highest BCUT2D eigenvalue weighted by Crippen LogP contribution is 2.38. The standard InChI is InChI=1S/C19H20N2O4S2/c1-3-24-19(23)17-13(15-7-5-9-26-15)11-27-18(17)21-16(22)10-20-12(2)14-6-4-8-25-14/h4-9,11-12,20H,3,10H2,1-2H3,(H,21,22)/p+1/t12-/m1/s1. The topological polar surface area (TPSA) is 85.1 Å². The van der Waals surface area contributed by atoms with E-state index in [4.69, 9.17) is 9.15 Å². The van der Waals surface area contributed by atoms with Crippen LogP contribution in [0.3, 0.4) is 0 Å². The molecule has 142 valence electrons. The van der Waals surface area contributed by atoms with Crippen molar-refractivity contribution in [1.82, 2.24) is 0 Å². The molecule has 8 heteroatoms. The van der Waals surface area contributed by atoms with E-state index in [0.717, 1.165) is 16.2 Å². The van der Waals surface area contributed by atoms with Gasteiger partial charge in [0.1, 0.15) is 16.6 Å². The molecule has 0 saturated carbocycles. The van der Waals surface area contributed by atoms with Crippen LogP contribution in [0.2, 0.25) is 0 Å². The summed E-state index contributed by atoms with van der Waals surface area (Å²) in [6, 6.07) is 7.60. The lowest BCUT2D eigenvalue weighted by Crippen LogP contribution is -2.86. The molecular weight excluding hydrogens is 384 g/mol. The van der Waals surface area contributed by atoms with Gasteiger partial charge < -0.3 is 19.8 Å². The van der Waals surface area contributed by atoms with Crippen LogP contribution in [0.15, 0.2) is 45.7 Å². The van der Waals surface area contributed by atoms with Crippen molar-refractivity contribution < 1.29 is 24.1 Å². The summed E-state index contributed by atoms with van der Waals surface area (Å²) in [6.45, 7) is 4.23. The number of esters is 1. The van der Waals surface area contributed by atoms with Gasteiger partial charge in [0.15, 0.2) is 12.3 Å². The number of hydrogen-bond acceptors (Lipinski definition) is 6. The summed E-state index contributed by atoms with van der Waals surface area (Å²) in [4.78, 5) is 25.8. The zero-order chi connectivity index (χ0) is 19.2. The average molecular weight is 406 g/mol. The number of nitrogens with one attached hydrogen (secondary N) is 1. The third-order valence-corrected chi connectivity index (χ3v) is 5.76. The number of quaternary nitrogens is 1. The van der Waals surface area contributed by atoms with E-state index < -0.39 is 5.97 Å². The highest BCUT2D eigenvalue weighted by Gasteiger charge is 2.24. The maximum absolute atomic E-state index is 12.5. The van der Waals surface area contributed by atoms with Crippen LogP contribution in [0.4, 0.5) is 5.00 Å². The molecule has 1 amide bonds. The fourth-order valence-corrected chi connectivity index (χ4v) is 4.38. The first-order valence-corrected chi connectivity index (χ1v) is 10.3. The summed E-state index contributed by atoms with van der Waals surface area (Å²) >= 11 is 2.87. The molecule has 6 nitrogen and oxygen atoms in total. The van der Waals surface area contributed by atoms with E-state index in [1.54, 1.807) is 24.5 Å². The van der Waals surface area contributed by atoms with Gasteiger partial charge in [0.05, 0.1) is 12.9 Å². The Bertz CT molecular complexity index is 885. The molecular formula is C19H21N2O4S2+. The molecule has 0 fully saturated rings. The van der Waals surface area contributed by atoms with Crippen LogP contribution in [-0.2, 0) is 9.53 Å². The average Bonchev–Trinajstić information content (AvgIpc) is 3.40. The minimum atomic E-state index is -0.426. The minimum Gasteiger partial charge on any atom is -0.463 e. The molecule has 27 heavy (non-hydrogen) atoms. The van der Waals surface area contributed by atoms with Crippen molar-refractivity contribution in [2.75, 3.05) is 18.5 Å². The second kappa shape index (κ2) is 8.98. The molecule has 3 aromatic rings. The number of furan rings is 1. The van der Waals surface area contributed by atoms with Gasteiger partial charge in [-0.1, -0.05) is 6.07 Å². The second-order valence-electron chi connectivity index (χ2n) is 5.84. The van der Waals surface area contributed by atoms with Crippen LogP contribution in [-0.4, -0.2) is 25.0 Å². The van der Waals surface area contributed by atoms with Gasteiger partial charge in [0.25, 0.3) is 5.91 Å². The molecule has 0 aliphatic heterocycles. The number of carbonyl (C=O) groups is 2. The van der Waals surface area contributed by atoms with Crippen LogP contribution in [0, 0.1) is 0 Å². The van der Waals surface area contributed by atoms with Gasteiger partial charge in [-0.3, -0.25) is 4.79 Å². The fraction of sp³-hybridized carbons (Fsp3) is 0.263. The maximum atomic E-state index is 12.5. The number of thiophene rings is 2. The number of anilines is 1. The fourth-order valence-electron chi connectivity index (χ4n) is 2.60. The molecule has 3 rings (SSSR count). The third-order valence-electron chi connectivity index (χ3n) is 3.96. The van der Waals surface area contributed by atoms with Crippen LogP contribution in [0.1, 0.15) is 36.0 Å². The van der Waals surface area contributed by atoms with Crippen LogP contribution < -0.4 is 10.6 Å². The lowest BCUT2D eigenvalue weighted by Gasteiger charge is -2.09. The number of amides is 1. The number of carbonyl (C=O) groups excluding carboxylic acids is 2. The Kier molecular flexibility index (Phi) is 6.44. The van der Waals surface area contributed by atoms with Gasteiger partial charge in [0, 0.05) is 15.8 Å². The molecule has 1 atom stereocenters. The van der Waals surface area contributed by atoms with E-state index in [1.165, 1.54) is 11.3 Å². The van der Waals surface area contributed by atoms with Crippen molar-refractivity contribution in [2.45, 2.75) is 19.9 Å². The van der Waals surface area contributed by atoms with Gasteiger partial charge >= 0.3 is 5.97 Å². The van der Waals surface area contributed by atoms with Crippen molar-refractivity contribution in [1.29, 1.82) is 0 Å². The molecule has 3 aromatic heterocycles. The van der Waals surface area contributed by atoms with Crippen molar-refractivity contribution in [2.24, 2.45) is 0 Å². The van der Waals surface area contributed by atoms with Gasteiger partial charge in [-0.25, -0.2) is 4.79 Å². The lowest BCUT2D eigenvalue weighted by molar-refractivity contribution is -0.684. The first-order chi connectivity index (χ1) is 13.1. The van der Waals surface area contributed by atoms with Crippen LogP contribution in [0.25, 0.3) is 10.4 Å². The minimum absolute atomic E-state index is 0.0280. The Hall–Kier alpha value is -2.42. The zero-order valence-electron chi connectivity index (χ0n) is 15.1. The van der Waals surface area contributed by atoms with E-state index in [0.29, 0.717) is 10.6 Å². The van der Waals surface area contributed by atoms with E-state index >= 15 is 0 Å². The molecule has 0 unspecified atom stereocenters. The Balaban J connectivity index is 1.72. The molecule has 0 saturated heterocycles. The lowest BCUT2D eigenvalue weighted by atomic mass is 10.1. The third kappa shape index (κ3) is 4.65. The number of rotatable bonds is 8. The smallest absolute Gasteiger partial charge is 0.341 e. The largest absolute Gasteiger partial charge is 0.463 e. The summed E-state index contributed by atoms with van der Waals surface area (Å²) in [5, 5.41) is 9.08. The van der Waals surface area contributed by atoms with Gasteiger partial charge in [0.2, 0.25) is 0 Å². The molecule has 0 aliphatic rings. The molecule has 0 bridgehead atoms. The molecule has 3 N–H and O–H groups in total. The summed E-state index contributed by atoms with van der Waals surface area (Å²) in [5.74, 6) is 0.204. The first-order valence-electron chi connectivity index (χ1n) is 8.59. The van der Waals surface area contributed by atoms with Crippen LogP contribution in [0.5, 0.6) is 0 Å². The normalized spacial score (nSPS) is 11.9. The maximum Gasteiger partial charge on any atom is 0.341 e. The molecule has 0 radical (unpaired) electrons. The highest BCUT2D eigenvalue weighted by molar-refractivity contribution is 7.17. The van der Waals surface area contributed by atoms with Crippen LogP contribution >= 0.6 is 22.7 Å². The monoisotopic (exact) mass is 405 g/mol. The second-order valence-corrected chi connectivity index (χ2v) is 7.67. The van der Waals surface area contributed by atoms with E-state index in [-0.39, 0.29) is 25.1 Å². The summed E-state index contributed by atoms with van der Waals surface area (Å²) < 4.78 is 10.5. The summed E-state index contributed by atoms with van der Waals surface area (Å²) in [6.07, 6.45) is 1.61. The number of ether oxygens (including phenoxy) is 1. The predicted molar refractivity (Wildman–Crippen MR) is 106 cm³/mol. The van der Waals surface area contributed by atoms with E-state index in [1.807, 2.05) is 47.3 Å². The summed E-state index contributed by atoms with van der Waals surface area (Å²) in [7, 11) is 0. The molecule has 0 aliphatic carbocycles. The number of nitrogens with two attached hydrogens (primary N) is 1.